The Balaban J connectivity index is 1.64. The van der Waals surface area contributed by atoms with Crippen molar-refractivity contribution in [3.63, 3.8) is 0 Å². The van der Waals surface area contributed by atoms with Gasteiger partial charge in [0.25, 0.3) is 0 Å². The van der Waals surface area contributed by atoms with Crippen LogP contribution in [0.4, 0.5) is 0 Å². The zero-order valence-corrected chi connectivity index (χ0v) is 16.4. The maximum Gasteiger partial charge on any atom is 0.169 e. The molecule has 1 heterocycles. The third kappa shape index (κ3) is 5.16. The van der Waals surface area contributed by atoms with Crippen LogP contribution in [0.15, 0.2) is 40.3 Å². The van der Waals surface area contributed by atoms with Crippen LogP contribution in [0.5, 0.6) is 5.75 Å². The van der Waals surface area contributed by atoms with E-state index in [-0.39, 0.29) is 11.8 Å². The third-order valence-corrected chi connectivity index (χ3v) is 5.18. The maximum atomic E-state index is 5.81. The molecule has 1 aromatic carbocycles. The normalized spacial score (nSPS) is 20.5. The fourth-order valence-corrected chi connectivity index (χ4v) is 3.92. The SMILES string of the molecule is C=C(Br)C[C@H](Cc1ccc(OC)cc1)N=C1CCC2(CC1)OCCO2. The summed E-state index contributed by atoms with van der Waals surface area (Å²) in [5, 5.41) is 0. The summed E-state index contributed by atoms with van der Waals surface area (Å²) in [6.45, 7) is 5.44. The molecular formula is C20H26BrNO3. The molecule has 1 aliphatic carbocycles. The monoisotopic (exact) mass is 407 g/mol. The molecule has 1 aromatic rings. The van der Waals surface area contributed by atoms with Crippen molar-refractivity contribution < 1.29 is 14.2 Å². The molecule has 0 aromatic heterocycles. The minimum absolute atomic E-state index is 0.203. The summed E-state index contributed by atoms with van der Waals surface area (Å²) in [4.78, 5) is 5.05. The lowest BCUT2D eigenvalue weighted by Gasteiger charge is -2.32. The van der Waals surface area contributed by atoms with Crippen LogP contribution >= 0.6 is 15.9 Å². The molecule has 5 heteroatoms. The number of ether oxygens (including phenoxy) is 3. The van der Waals surface area contributed by atoms with Crippen molar-refractivity contribution in [2.45, 2.75) is 50.4 Å². The van der Waals surface area contributed by atoms with Gasteiger partial charge in [0.1, 0.15) is 5.75 Å². The minimum Gasteiger partial charge on any atom is -0.497 e. The molecule has 1 saturated heterocycles. The highest BCUT2D eigenvalue weighted by atomic mass is 79.9. The van der Waals surface area contributed by atoms with Crippen LogP contribution in [0.25, 0.3) is 0 Å². The third-order valence-electron chi connectivity index (χ3n) is 4.86. The van der Waals surface area contributed by atoms with Gasteiger partial charge in [-0.3, -0.25) is 4.99 Å². The lowest BCUT2D eigenvalue weighted by atomic mass is 9.92. The van der Waals surface area contributed by atoms with Gasteiger partial charge >= 0.3 is 0 Å². The van der Waals surface area contributed by atoms with Gasteiger partial charge in [-0.25, -0.2) is 0 Å². The summed E-state index contributed by atoms with van der Waals surface area (Å²) in [5.41, 5.74) is 2.54. The second kappa shape index (κ2) is 8.47. The van der Waals surface area contributed by atoms with Crippen molar-refractivity contribution in [3.05, 3.63) is 40.9 Å². The van der Waals surface area contributed by atoms with E-state index in [2.05, 4.69) is 34.6 Å². The first-order chi connectivity index (χ1) is 12.1. The highest BCUT2D eigenvalue weighted by molar-refractivity contribution is 9.11. The van der Waals surface area contributed by atoms with Crippen LogP contribution in [0, 0.1) is 0 Å². The molecule has 25 heavy (non-hydrogen) atoms. The van der Waals surface area contributed by atoms with E-state index in [1.165, 1.54) is 11.3 Å². The van der Waals surface area contributed by atoms with Crippen molar-refractivity contribution in [1.29, 1.82) is 0 Å². The molecule has 4 nitrogen and oxygen atoms in total. The summed E-state index contributed by atoms with van der Waals surface area (Å²) in [5.74, 6) is 0.550. The molecule has 0 radical (unpaired) electrons. The van der Waals surface area contributed by atoms with Gasteiger partial charge in [0, 0.05) is 25.0 Å². The van der Waals surface area contributed by atoms with E-state index in [9.17, 15) is 0 Å². The molecule has 3 rings (SSSR count). The van der Waals surface area contributed by atoms with Gasteiger partial charge in [-0.2, -0.15) is 0 Å². The molecule has 0 amide bonds. The predicted octanol–water partition coefficient (Wildman–Crippen LogP) is 4.66. The Morgan fingerprint density at radius 1 is 1.24 bits per heavy atom. The molecule has 1 saturated carbocycles. The number of hydrogen-bond donors (Lipinski definition) is 0. The van der Waals surface area contributed by atoms with Gasteiger partial charge in [-0.1, -0.05) is 34.6 Å². The Kier molecular flexibility index (Phi) is 6.31. The van der Waals surface area contributed by atoms with Crippen LogP contribution in [0.1, 0.15) is 37.7 Å². The zero-order valence-electron chi connectivity index (χ0n) is 14.8. The van der Waals surface area contributed by atoms with Crippen molar-refractivity contribution in [2.75, 3.05) is 20.3 Å². The molecule has 0 N–H and O–H groups in total. The number of halogens is 1. The Morgan fingerprint density at radius 2 is 1.88 bits per heavy atom. The van der Waals surface area contributed by atoms with Gasteiger partial charge < -0.3 is 14.2 Å². The lowest BCUT2D eigenvalue weighted by Crippen LogP contribution is -2.35. The summed E-state index contributed by atoms with van der Waals surface area (Å²) >= 11 is 3.50. The van der Waals surface area contributed by atoms with E-state index >= 15 is 0 Å². The summed E-state index contributed by atoms with van der Waals surface area (Å²) in [6.07, 6.45) is 5.47. The van der Waals surface area contributed by atoms with Crippen molar-refractivity contribution in [1.82, 2.24) is 0 Å². The number of rotatable bonds is 6. The summed E-state index contributed by atoms with van der Waals surface area (Å²) in [6, 6.07) is 8.43. The van der Waals surface area contributed by atoms with Gasteiger partial charge in [0.15, 0.2) is 5.79 Å². The molecule has 1 atom stereocenters. The van der Waals surface area contributed by atoms with E-state index in [1.807, 2.05) is 12.1 Å². The smallest absolute Gasteiger partial charge is 0.169 e. The number of aliphatic imine (C=N–C) groups is 1. The molecule has 136 valence electrons. The molecule has 2 aliphatic rings. The molecule has 2 fully saturated rings. The van der Waals surface area contributed by atoms with Crippen LogP contribution in [0.3, 0.4) is 0 Å². The number of benzene rings is 1. The Bertz CT molecular complexity index is 608. The second-order valence-corrected chi connectivity index (χ2v) is 7.85. The van der Waals surface area contributed by atoms with Crippen molar-refractivity contribution >= 4 is 21.6 Å². The topological polar surface area (TPSA) is 40.0 Å². The molecular weight excluding hydrogens is 382 g/mol. The van der Waals surface area contributed by atoms with Crippen LogP contribution < -0.4 is 4.74 Å². The molecule has 0 unspecified atom stereocenters. The van der Waals surface area contributed by atoms with E-state index < -0.39 is 0 Å². The van der Waals surface area contributed by atoms with E-state index in [0.29, 0.717) is 0 Å². The van der Waals surface area contributed by atoms with Crippen LogP contribution in [-0.4, -0.2) is 37.9 Å². The predicted molar refractivity (Wildman–Crippen MR) is 104 cm³/mol. The number of methoxy groups -OCH3 is 1. The first-order valence-corrected chi connectivity index (χ1v) is 9.67. The molecule has 1 aliphatic heterocycles. The van der Waals surface area contributed by atoms with Crippen LogP contribution in [-0.2, 0) is 15.9 Å². The zero-order chi connectivity index (χ0) is 17.7. The first-order valence-electron chi connectivity index (χ1n) is 8.88. The Morgan fingerprint density at radius 3 is 2.44 bits per heavy atom. The standard InChI is InChI=1S/C20H26BrNO3/c1-15(21)13-18(14-16-3-5-19(23-2)6-4-16)22-17-7-9-20(10-8-17)24-11-12-25-20/h3-6,18H,1,7-14H2,2H3/t18-/m1/s1. The van der Waals surface area contributed by atoms with Crippen molar-refractivity contribution in [3.8, 4) is 5.75 Å². The van der Waals surface area contributed by atoms with E-state index in [0.717, 1.165) is 62.0 Å². The van der Waals surface area contributed by atoms with E-state index in [4.69, 9.17) is 19.2 Å². The first kappa shape index (κ1) is 18.6. The van der Waals surface area contributed by atoms with Crippen molar-refractivity contribution in [2.24, 2.45) is 4.99 Å². The maximum absolute atomic E-state index is 5.81. The fourth-order valence-electron chi connectivity index (χ4n) is 3.55. The number of hydrogen-bond acceptors (Lipinski definition) is 4. The quantitative estimate of drug-likeness (QED) is 0.687. The largest absolute Gasteiger partial charge is 0.497 e. The van der Waals surface area contributed by atoms with Gasteiger partial charge in [-0.05, 0) is 41.4 Å². The Hall–Kier alpha value is -1.17. The highest BCUT2D eigenvalue weighted by Crippen LogP contribution is 2.35. The highest BCUT2D eigenvalue weighted by Gasteiger charge is 2.39. The Labute approximate surface area is 158 Å². The molecule has 0 bridgehead atoms. The van der Waals surface area contributed by atoms with Gasteiger partial charge in [0.2, 0.25) is 0 Å². The summed E-state index contributed by atoms with van der Waals surface area (Å²) < 4.78 is 17.8. The summed E-state index contributed by atoms with van der Waals surface area (Å²) in [7, 11) is 1.69. The van der Waals surface area contributed by atoms with Gasteiger partial charge in [-0.15, -0.1) is 0 Å². The van der Waals surface area contributed by atoms with Crippen LogP contribution in [0.2, 0.25) is 0 Å². The van der Waals surface area contributed by atoms with E-state index in [1.54, 1.807) is 7.11 Å². The molecule has 1 spiro atoms. The lowest BCUT2D eigenvalue weighted by molar-refractivity contribution is -0.167. The average Bonchev–Trinajstić information content (AvgIpc) is 3.05. The number of nitrogens with zero attached hydrogens (tertiary/aromatic N) is 1. The van der Waals surface area contributed by atoms with Gasteiger partial charge in [0.05, 0.1) is 26.4 Å². The second-order valence-electron chi connectivity index (χ2n) is 6.73. The average molecular weight is 408 g/mol. The minimum atomic E-state index is -0.330. The fraction of sp³-hybridized carbons (Fsp3) is 0.550.